The van der Waals surface area contributed by atoms with Gasteiger partial charge in [0.25, 0.3) is 5.91 Å². The van der Waals surface area contributed by atoms with E-state index in [2.05, 4.69) is 10.3 Å². The molecule has 3 aromatic rings. The molecule has 0 aliphatic heterocycles. The van der Waals surface area contributed by atoms with Crippen LogP contribution in [0.25, 0.3) is 10.6 Å². The Kier molecular flexibility index (Phi) is 5.30. The van der Waals surface area contributed by atoms with Crippen molar-refractivity contribution in [2.75, 3.05) is 19.0 Å². The number of rotatable bonds is 6. The Morgan fingerprint density at radius 1 is 1.16 bits per heavy atom. The third kappa shape index (κ3) is 3.97. The summed E-state index contributed by atoms with van der Waals surface area (Å²) >= 11 is 1.58. The van der Waals surface area contributed by atoms with Crippen LogP contribution in [0.5, 0.6) is 11.5 Å². The Hall–Kier alpha value is -2.86. The Morgan fingerprint density at radius 2 is 1.96 bits per heavy atom. The Labute approximate surface area is 150 Å². The molecular formula is C19H18N2O3S. The number of nitrogens with zero attached hydrogens (tertiary/aromatic N) is 1. The summed E-state index contributed by atoms with van der Waals surface area (Å²) in [5.41, 5.74) is 2.25. The van der Waals surface area contributed by atoms with Gasteiger partial charge in [-0.25, -0.2) is 4.98 Å². The summed E-state index contributed by atoms with van der Waals surface area (Å²) < 4.78 is 10.8. The maximum absolute atomic E-state index is 12.5. The van der Waals surface area contributed by atoms with Crippen molar-refractivity contribution in [3.05, 3.63) is 59.6 Å². The first-order valence-electron chi connectivity index (χ1n) is 7.83. The van der Waals surface area contributed by atoms with Gasteiger partial charge in [-0.2, -0.15) is 0 Å². The lowest BCUT2D eigenvalue weighted by atomic mass is 10.1. The van der Waals surface area contributed by atoms with Crippen molar-refractivity contribution in [1.82, 2.24) is 4.98 Å². The highest BCUT2D eigenvalue weighted by atomic mass is 32.1. The van der Waals surface area contributed by atoms with Crippen LogP contribution in [0.4, 0.5) is 5.69 Å². The Balaban J connectivity index is 1.74. The van der Waals surface area contributed by atoms with Crippen molar-refractivity contribution >= 4 is 22.9 Å². The number of benzene rings is 2. The molecule has 1 aromatic heterocycles. The molecule has 0 saturated heterocycles. The minimum Gasteiger partial charge on any atom is -0.493 e. The van der Waals surface area contributed by atoms with E-state index in [0.29, 0.717) is 23.7 Å². The minimum absolute atomic E-state index is 0.203. The summed E-state index contributed by atoms with van der Waals surface area (Å²) in [6, 6.07) is 12.7. The molecule has 25 heavy (non-hydrogen) atoms. The molecule has 1 N–H and O–H groups in total. The lowest BCUT2D eigenvalue weighted by Gasteiger charge is -2.11. The number of aromatic nitrogens is 1. The summed E-state index contributed by atoms with van der Waals surface area (Å²) in [4.78, 5) is 16.7. The van der Waals surface area contributed by atoms with Crippen LogP contribution in [0.2, 0.25) is 0 Å². The van der Waals surface area contributed by atoms with Gasteiger partial charge in [-0.05, 0) is 49.4 Å². The molecule has 0 fully saturated rings. The van der Waals surface area contributed by atoms with Crippen LogP contribution >= 0.6 is 11.3 Å². The van der Waals surface area contributed by atoms with Gasteiger partial charge in [0.2, 0.25) is 0 Å². The van der Waals surface area contributed by atoms with Crippen LogP contribution in [0.3, 0.4) is 0 Å². The van der Waals surface area contributed by atoms with Crippen LogP contribution in [0, 0.1) is 0 Å². The molecule has 3 rings (SSSR count). The number of hydrogen-bond acceptors (Lipinski definition) is 5. The van der Waals surface area contributed by atoms with E-state index in [-0.39, 0.29) is 5.91 Å². The number of thiazole rings is 1. The monoisotopic (exact) mass is 354 g/mol. The molecule has 128 valence electrons. The van der Waals surface area contributed by atoms with Gasteiger partial charge in [-0.15, -0.1) is 11.3 Å². The summed E-state index contributed by atoms with van der Waals surface area (Å²) in [5.74, 6) is 0.952. The second kappa shape index (κ2) is 7.81. The van der Waals surface area contributed by atoms with Gasteiger partial charge in [-0.1, -0.05) is 0 Å². The SMILES string of the molecule is CCOc1cc(C(=O)Nc2ccc(-c3nccs3)cc2)ccc1OC. The van der Waals surface area contributed by atoms with E-state index in [0.717, 1.165) is 16.3 Å². The molecule has 6 heteroatoms. The van der Waals surface area contributed by atoms with Crippen LogP contribution in [-0.2, 0) is 0 Å². The van der Waals surface area contributed by atoms with Crippen LogP contribution in [0.15, 0.2) is 54.0 Å². The van der Waals surface area contributed by atoms with Gasteiger partial charge >= 0.3 is 0 Å². The molecule has 0 aliphatic carbocycles. The molecule has 0 unspecified atom stereocenters. The highest BCUT2D eigenvalue weighted by Gasteiger charge is 2.11. The van der Waals surface area contributed by atoms with Crippen molar-refractivity contribution in [1.29, 1.82) is 0 Å². The van der Waals surface area contributed by atoms with E-state index in [1.54, 1.807) is 42.8 Å². The molecule has 0 bridgehead atoms. The molecular weight excluding hydrogens is 336 g/mol. The maximum atomic E-state index is 12.5. The summed E-state index contributed by atoms with van der Waals surface area (Å²) in [7, 11) is 1.57. The Morgan fingerprint density at radius 3 is 2.60 bits per heavy atom. The first-order valence-corrected chi connectivity index (χ1v) is 8.71. The van der Waals surface area contributed by atoms with E-state index in [1.165, 1.54) is 0 Å². The molecule has 5 nitrogen and oxygen atoms in total. The van der Waals surface area contributed by atoms with E-state index in [4.69, 9.17) is 9.47 Å². The van der Waals surface area contributed by atoms with E-state index in [1.807, 2.05) is 36.6 Å². The molecule has 0 radical (unpaired) electrons. The predicted molar refractivity (Wildman–Crippen MR) is 99.7 cm³/mol. The van der Waals surface area contributed by atoms with Crippen molar-refractivity contribution in [2.45, 2.75) is 6.92 Å². The molecule has 0 atom stereocenters. The van der Waals surface area contributed by atoms with Crippen LogP contribution in [-0.4, -0.2) is 24.6 Å². The third-order valence-corrected chi connectivity index (χ3v) is 4.37. The standard InChI is InChI=1S/C19H18N2O3S/c1-3-24-17-12-14(6-9-16(17)23-2)18(22)21-15-7-4-13(5-8-15)19-20-10-11-25-19/h4-12H,3H2,1-2H3,(H,21,22). The summed E-state index contributed by atoms with van der Waals surface area (Å²) in [6.45, 7) is 2.38. The van der Waals surface area contributed by atoms with Crippen LogP contribution in [0.1, 0.15) is 17.3 Å². The molecule has 2 aromatic carbocycles. The zero-order valence-corrected chi connectivity index (χ0v) is 14.8. The topological polar surface area (TPSA) is 60.5 Å². The lowest BCUT2D eigenvalue weighted by molar-refractivity contribution is 0.102. The minimum atomic E-state index is -0.203. The quantitative estimate of drug-likeness (QED) is 0.709. The zero-order chi connectivity index (χ0) is 17.6. The second-order valence-electron chi connectivity index (χ2n) is 5.17. The van der Waals surface area contributed by atoms with Gasteiger partial charge in [0, 0.05) is 28.4 Å². The molecule has 0 spiro atoms. The van der Waals surface area contributed by atoms with Gasteiger partial charge in [-0.3, -0.25) is 4.79 Å². The van der Waals surface area contributed by atoms with Crippen molar-refractivity contribution in [3.8, 4) is 22.1 Å². The summed E-state index contributed by atoms with van der Waals surface area (Å²) in [5, 5.41) is 5.77. The second-order valence-corrected chi connectivity index (χ2v) is 6.06. The first kappa shape index (κ1) is 17.0. The predicted octanol–water partition coefficient (Wildman–Crippen LogP) is 4.47. The van der Waals surface area contributed by atoms with Gasteiger partial charge in [0.1, 0.15) is 5.01 Å². The van der Waals surface area contributed by atoms with Crippen molar-refractivity contribution < 1.29 is 14.3 Å². The molecule has 0 aliphatic rings. The first-order chi connectivity index (χ1) is 12.2. The number of amides is 1. The number of methoxy groups -OCH3 is 1. The number of carbonyl (C=O) groups is 1. The smallest absolute Gasteiger partial charge is 0.255 e. The highest BCUT2D eigenvalue weighted by molar-refractivity contribution is 7.13. The van der Waals surface area contributed by atoms with E-state index < -0.39 is 0 Å². The lowest BCUT2D eigenvalue weighted by Crippen LogP contribution is -2.12. The van der Waals surface area contributed by atoms with Gasteiger partial charge in [0.15, 0.2) is 11.5 Å². The number of ether oxygens (including phenoxy) is 2. The fraction of sp³-hybridized carbons (Fsp3) is 0.158. The zero-order valence-electron chi connectivity index (χ0n) is 14.0. The molecule has 0 saturated carbocycles. The average molecular weight is 354 g/mol. The van der Waals surface area contributed by atoms with Gasteiger partial charge < -0.3 is 14.8 Å². The van der Waals surface area contributed by atoms with E-state index >= 15 is 0 Å². The van der Waals surface area contributed by atoms with Crippen molar-refractivity contribution in [2.24, 2.45) is 0 Å². The van der Waals surface area contributed by atoms with Gasteiger partial charge in [0.05, 0.1) is 13.7 Å². The average Bonchev–Trinajstić information content (AvgIpc) is 3.17. The number of hydrogen-bond donors (Lipinski definition) is 1. The number of anilines is 1. The van der Waals surface area contributed by atoms with Crippen LogP contribution < -0.4 is 14.8 Å². The van der Waals surface area contributed by atoms with Crippen molar-refractivity contribution in [3.63, 3.8) is 0 Å². The fourth-order valence-corrected chi connectivity index (χ4v) is 3.00. The Bertz CT molecular complexity index is 846. The number of nitrogens with one attached hydrogen (secondary N) is 1. The number of carbonyl (C=O) groups excluding carboxylic acids is 1. The highest BCUT2D eigenvalue weighted by Crippen LogP contribution is 2.28. The fourth-order valence-electron chi connectivity index (χ4n) is 2.35. The molecule has 1 amide bonds. The third-order valence-electron chi connectivity index (χ3n) is 3.55. The maximum Gasteiger partial charge on any atom is 0.255 e. The normalized spacial score (nSPS) is 10.3. The molecule has 1 heterocycles. The largest absolute Gasteiger partial charge is 0.493 e. The summed E-state index contributed by atoms with van der Waals surface area (Å²) in [6.07, 6.45) is 1.77. The van der Waals surface area contributed by atoms with E-state index in [9.17, 15) is 4.79 Å².